The van der Waals surface area contributed by atoms with Crippen molar-refractivity contribution < 1.29 is 0 Å². The zero-order valence-electron chi connectivity index (χ0n) is 30.0. The maximum Gasteiger partial charge on any atom is 0.0619 e. The third-order valence-corrected chi connectivity index (χ3v) is 11.9. The van der Waals surface area contributed by atoms with Gasteiger partial charge in [-0.05, 0) is 106 Å². The Morgan fingerprint density at radius 2 is 0.545 bits per heavy atom. The molecule has 254 valence electrons. The van der Waals surface area contributed by atoms with E-state index in [4.69, 9.17) is 0 Å². The third kappa shape index (κ3) is 4.41. The van der Waals surface area contributed by atoms with Gasteiger partial charge >= 0.3 is 0 Å². The summed E-state index contributed by atoms with van der Waals surface area (Å²) in [6.07, 6.45) is 0. The minimum absolute atomic E-state index is 1.20. The molecule has 1 heteroatoms. The average Bonchev–Trinajstić information content (AvgIpc) is 3.61. The van der Waals surface area contributed by atoms with Crippen molar-refractivity contribution in [3.63, 3.8) is 0 Å². The molecule has 2 aromatic heterocycles. The Hall–Kier alpha value is -7.22. The van der Waals surface area contributed by atoms with E-state index in [0.717, 1.165) is 0 Å². The summed E-state index contributed by atoms with van der Waals surface area (Å²) in [4.78, 5) is 0. The van der Waals surface area contributed by atoms with Crippen LogP contribution in [0.4, 0.5) is 0 Å². The van der Waals surface area contributed by atoms with Gasteiger partial charge in [0.25, 0.3) is 0 Å². The van der Waals surface area contributed by atoms with Crippen LogP contribution in [0.2, 0.25) is 0 Å². The van der Waals surface area contributed by atoms with E-state index in [1.165, 1.54) is 114 Å². The number of aromatic nitrogens is 1. The van der Waals surface area contributed by atoms with E-state index in [1.807, 2.05) is 0 Å². The van der Waals surface area contributed by atoms with E-state index in [-0.39, 0.29) is 0 Å². The molecular weight excluding hydrogens is 663 g/mol. The van der Waals surface area contributed by atoms with Crippen LogP contribution in [0.25, 0.3) is 114 Å². The van der Waals surface area contributed by atoms with Gasteiger partial charge in [0.2, 0.25) is 0 Å². The Morgan fingerprint density at radius 3 is 1.13 bits per heavy atom. The molecule has 1 nitrogen and oxygen atoms in total. The smallest absolute Gasteiger partial charge is 0.0619 e. The third-order valence-electron chi connectivity index (χ3n) is 11.9. The summed E-state index contributed by atoms with van der Waals surface area (Å²) in [7, 11) is 0. The first-order valence-corrected chi connectivity index (χ1v) is 19.1. The Balaban J connectivity index is 1.11. The molecule has 0 spiro atoms. The van der Waals surface area contributed by atoms with Gasteiger partial charge in [0.1, 0.15) is 0 Å². The molecule has 0 aliphatic heterocycles. The molecule has 0 fully saturated rings. The largest absolute Gasteiger partial charge is 0.308 e. The summed E-state index contributed by atoms with van der Waals surface area (Å²) < 4.78 is 2.51. The van der Waals surface area contributed by atoms with Gasteiger partial charge in [0, 0.05) is 21.5 Å². The van der Waals surface area contributed by atoms with Crippen LogP contribution in [0.1, 0.15) is 0 Å². The first kappa shape index (κ1) is 30.3. The standard InChI is InChI=1S/C54H33N/c1-2-19-42-38(15-1)41-18-5-8-22-45(41)50-32-36(27-29-46(42)50)34-13-11-14-35(31-34)37-28-30-53-51(33-37)49-25-12-24-48-44-21-7-4-17-40(44)39-16-3-6-20-43(39)47-23-9-10-26-52(47)55(53)54(48)49/h1-33H. The molecule has 0 atom stereocenters. The summed E-state index contributed by atoms with van der Waals surface area (Å²) >= 11 is 0. The fourth-order valence-electron chi connectivity index (χ4n) is 9.48. The number of nitrogens with zero attached hydrogens (tertiary/aromatic N) is 1. The van der Waals surface area contributed by atoms with Gasteiger partial charge in [0.05, 0.1) is 16.6 Å². The highest BCUT2D eigenvalue weighted by molar-refractivity contribution is 6.27. The van der Waals surface area contributed by atoms with Crippen molar-refractivity contribution in [3.05, 3.63) is 200 Å². The average molecular weight is 696 g/mol. The molecule has 0 aliphatic carbocycles. The number of hydrogen-bond donors (Lipinski definition) is 0. The molecule has 0 bridgehead atoms. The van der Waals surface area contributed by atoms with Crippen molar-refractivity contribution in [2.75, 3.05) is 0 Å². The summed E-state index contributed by atoms with van der Waals surface area (Å²) in [5.74, 6) is 0. The van der Waals surface area contributed by atoms with Crippen molar-refractivity contribution in [3.8, 4) is 22.3 Å². The van der Waals surface area contributed by atoms with Crippen molar-refractivity contribution in [2.45, 2.75) is 0 Å². The molecule has 0 saturated heterocycles. The number of fused-ring (bicyclic) bond motifs is 16. The summed E-state index contributed by atoms with van der Waals surface area (Å²) in [6.45, 7) is 0. The van der Waals surface area contributed by atoms with E-state index < -0.39 is 0 Å². The van der Waals surface area contributed by atoms with Crippen LogP contribution in [0.15, 0.2) is 200 Å². The highest BCUT2D eigenvalue weighted by Gasteiger charge is 2.16. The Labute approximate surface area is 317 Å². The summed E-state index contributed by atoms with van der Waals surface area (Å²) in [5.41, 5.74) is 8.51. The lowest BCUT2D eigenvalue weighted by Gasteiger charge is -2.12. The topological polar surface area (TPSA) is 4.41 Å². The van der Waals surface area contributed by atoms with E-state index in [2.05, 4.69) is 205 Å². The van der Waals surface area contributed by atoms with Gasteiger partial charge in [-0.15, -0.1) is 0 Å². The van der Waals surface area contributed by atoms with E-state index in [9.17, 15) is 0 Å². The van der Waals surface area contributed by atoms with Gasteiger partial charge < -0.3 is 4.40 Å². The minimum Gasteiger partial charge on any atom is -0.308 e. The second-order valence-electron chi connectivity index (χ2n) is 14.8. The zero-order chi connectivity index (χ0) is 36.0. The van der Waals surface area contributed by atoms with Gasteiger partial charge in [-0.2, -0.15) is 0 Å². The second kappa shape index (κ2) is 11.6. The summed E-state index contributed by atoms with van der Waals surface area (Å²) in [6, 6.07) is 74.2. The SMILES string of the molecule is c1cc(-c2ccc3c4ccccc4c4ccccc4c3c2)cc(-c2ccc3c(c2)c2cccc4c5ccccc5c5ccccc5c5ccccc5n3c42)c1. The molecule has 0 radical (unpaired) electrons. The van der Waals surface area contributed by atoms with Crippen LogP contribution in [0, 0.1) is 0 Å². The number of benzene rings is 10. The van der Waals surface area contributed by atoms with Gasteiger partial charge in [-0.25, -0.2) is 0 Å². The maximum atomic E-state index is 2.51. The molecule has 2 heterocycles. The predicted octanol–water partition coefficient (Wildman–Crippen LogP) is 15.1. The molecule has 0 amide bonds. The van der Waals surface area contributed by atoms with Crippen molar-refractivity contribution in [1.82, 2.24) is 4.40 Å². The van der Waals surface area contributed by atoms with E-state index in [0.29, 0.717) is 0 Å². The van der Waals surface area contributed by atoms with Crippen molar-refractivity contribution in [2.24, 2.45) is 0 Å². The highest BCUT2D eigenvalue weighted by atomic mass is 14.9. The molecule has 10 aromatic carbocycles. The Bertz CT molecular complexity index is 3570. The molecule has 12 rings (SSSR count). The van der Waals surface area contributed by atoms with Crippen molar-refractivity contribution >= 4 is 92.0 Å². The molecule has 0 unspecified atom stereocenters. The monoisotopic (exact) mass is 695 g/mol. The predicted molar refractivity (Wildman–Crippen MR) is 237 cm³/mol. The van der Waals surface area contributed by atoms with Gasteiger partial charge in [0.15, 0.2) is 0 Å². The molecule has 55 heavy (non-hydrogen) atoms. The molecular formula is C54H33N. The molecule has 0 aliphatic rings. The van der Waals surface area contributed by atoms with Crippen LogP contribution in [0.3, 0.4) is 0 Å². The molecule has 12 aromatic rings. The summed E-state index contributed by atoms with van der Waals surface area (Å²) in [5, 5.41) is 17.8. The van der Waals surface area contributed by atoms with E-state index in [1.54, 1.807) is 0 Å². The lowest BCUT2D eigenvalue weighted by Crippen LogP contribution is -1.87. The first-order valence-electron chi connectivity index (χ1n) is 19.1. The molecule has 0 saturated carbocycles. The van der Waals surface area contributed by atoms with Gasteiger partial charge in [-0.1, -0.05) is 170 Å². The zero-order valence-corrected chi connectivity index (χ0v) is 30.0. The van der Waals surface area contributed by atoms with E-state index >= 15 is 0 Å². The number of rotatable bonds is 2. The van der Waals surface area contributed by atoms with Crippen LogP contribution < -0.4 is 0 Å². The highest BCUT2D eigenvalue weighted by Crippen LogP contribution is 2.41. The second-order valence-corrected chi connectivity index (χ2v) is 14.8. The number of para-hydroxylation sites is 2. The minimum atomic E-state index is 1.20. The van der Waals surface area contributed by atoms with Crippen LogP contribution in [-0.2, 0) is 0 Å². The van der Waals surface area contributed by atoms with Crippen LogP contribution in [-0.4, -0.2) is 4.40 Å². The number of hydrogen-bond acceptors (Lipinski definition) is 0. The quantitative estimate of drug-likeness (QED) is 0.159. The fraction of sp³-hybridized carbons (Fsp3) is 0. The lowest BCUT2D eigenvalue weighted by atomic mass is 9.91. The first-order chi connectivity index (χ1) is 27.3. The maximum absolute atomic E-state index is 2.51. The normalized spacial score (nSPS) is 12.0. The van der Waals surface area contributed by atoms with Crippen LogP contribution in [0.5, 0.6) is 0 Å². The Morgan fingerprint density at radius 1 is 0.200 bits per heavy atom. The van der Waals surface area contributed by atoms with Crippen LogP contribution >= 0.6 is 0 Å². The Kier molecular flexibility index (Phi) is 6.40. The lowest BCUT2D eigenvalue weighted by molar-refractivity contribution is 1.35. The fourth-order valence-corrected chi connectivity index (χ4v) is 9.48. The van der Waals surface area contributed by atoms with Gasteiger partial charge in [-0.3, -0.25) is 0 Å². The molecule has 0 N–H and O–H groups in total. The van der Waals surface area contributed by atoms with Crippen molar-refractivity contribution in [1.29, 1.82) is 0 Å².